The number of nitrogens with zero attached hydrogens (tertiary/aromatic N) is 2. The number of fused-ring (bicyclic) bond motifs is 1. The zero-order chi connectivity index (χ0) is 19.5. The third-order valence-corrected chi connectivity index (χ3v) is 6.15. The summed E-state index contributed by atoms with van der Waals surface area (Å²) in [6.45, 7) is 1.72. The van der Waals surface area contributed by atoms with Gasteiger partial charge in [0.15, 0.2) is 5.13 Å². The smallest absolute Gasteiger partial charge is 0.255 e. The number of thiazole rings is 1. The van der Waals surface area contributed by atoms with Crippen LogP contribution in [0.4, 0.5) is 5.13 Å². The van der Waals surface area contributed by atoms with Crippen LogP contribution in [0.5, 0.6) is 0 Å². The quantitative estimate of drug-likeness (QED) is 0.772. The van der Waals surface area contributed by atoms with Gasteiger partial charge in [-0.2, -0.15) is 0 Å². The van der Waals surface area contributed by atoms with Crippen molar-refractivity contribution >= 4 is 46.0 Å². The van der Waals surface area contributed by atoms with Gasteiger partial charge in [-0.25, -0.2) is 4.98 Å². The lowest BCUT2D eigenvalue weighted by atomic mass is 10.1. The van der Waals surface area contributed by atoms with Crippen molar-refractivity contribution < 1.29 is 14.3 Å². The summed E-state index contributed by atoms with van der Waals surface area (Å²) in [6.07, 6.45) is 5.23. The Bertz CT molecular complexity index is 921. The molecule has 0 bridgehead atoms. The molecule has 1 N–H and O–H groups in total. The molecule has 28 heavy (non-hydrogen) atoms. The van der Waals surface area contributed by atoms with Gasteiger partial charge >= 0.3 is 0 Å². The second-order valence-electron chi connectivity index (χ2n) is 6.74. The fraction of sp³-hybridized carbons (Fsp3) is 0.350. The van der Waals surface area contributed by atoms with Gasteiger partial charge in [0.25, 0.3) is 5.91 Å². The van der Waals surface area contributed by atoms with Crippen LogP contribution in [-0.4, -0.2) is 41.0 Å². The zero-order valence-electron chi connectivity index (χ0n) is 15.2. The minimum Gasteiger partial charge on any atom is -0.368 e. The van der Waals surface area contributed by atoms with Crippen molar-refractivity contribution in [1.82, 2.24) is 9.88 Å². The van der Waals surface area contributed by atoms with Crippen LogP contribution in [-0.2, 0) is 27.3 Å². The summed E-state index contributed by atoms with van der Waals surface area (Å²) in [7, 11) is 0. The van der Waals surface area contributed by atoms with Gasteiger partial charge in [0.05, 0.1) is 12.2 Å². The SMILES string of the molecule is O=C(Nc1nc2c(s1)CN(C(=O)C=Cc1ccccc1Cl)CC2)C1CCCO1. The maximum Gasteiger partial charge on any atom is 0.255 e. The van der Waals surface area contributed by atoms with E-state index in [2.05, 4.69) is 10.3 Å². The van der Waals surface area contributed by atoms with E-state index in [0.717, 1.165) is 29.0 Å². The standard InChI is InChI=1S/C20H20ClN3O3S/c21-14-5-2-1-4-13(14)7-8-18(25)24-10-9-15-17(12-24)28-20(22-15)23-19(26)16-6-3-11-27-16/h1-2,4-5,7-8,16H,3,6,9-12H2,(H,22,23,26). The van der Waals surface area contributed by atoms with Crippen LogP contribution in [0.3, 0.4) is 0 Å². The summed E-state index contributed by atoms with van der Waals surface area (Å²) in [5.74, 6) is -0.205. The number of carbonyl (C=O) groups excluding carboxylic acids is 2. The predicted molar refractivity (Wildman–Crippen MR) is 109 cm³/mol. The van der Waals surface area contributed by atoms with E-state index < -0.39 is 0 Å². The predicted octanol–water partition coefficient (Wildman–Crippen LogP) is 3.51. The van der Waals surface area contributed by atoms with E-state index >= 15 is 0 Å². The third-order valence-electron chi connectivity index (χ3n) is 4.81. The molecule has 8 heteroatoms. The van der Waals surface area contributed by atoms with Crippen molar-refractivity contribution in [3.8, 4) is 0 Å². The highest BCUT2D eigenvalue weighted by molar-refractivity contribution is 7.15. The Morgan fingerprint density at radius 3 is 3.00 bits per heavy atom. The monoisotopic (exact) mass is 417 g/mol. The molecular formula is C20H20ClN3O3S. The van der Waals surface area contributed by atoms with Crippen LogP contribution in [0.15, 0.2) is 30.3 Å². The maximum absolute atomic E-state index is 12.5. The van der Waals surface area contributed by atoms with Crippen LogP contribution >= 0.6 is 22.9 Å². The van der Waals surface area contributed by atoms with Crippen LogP contribution in [0.2, 0.25) is 5.02 Å². The lowest BCUT2D eigenvalue weighted by molar-refractivity contribution is -0.127. The normalized spacial score (nSPS) is 19.0. The average Bonchev–Trinajstić information content (AvgIpc) is 3.36. The molecule has 6 nitrogen and oxygen atoms in total. The molecule has 0 spiro atoms. The first-order chi connectivity index (χ1) is 13.6. The van der Waals surface area contributed by atoms with E-state index in [9.17, 15) is 9.59 Å². The fourth-order valence-electron chi connectivity index (χ4n) is 3.28. The molecule has 1 aromatic carbocycles. The largest absolute Gasteiger partial charge is 0.368 e. The number of carbonyl (C=O) groups is 2. The molecular weight excluding hydrogens is 398 g/mol. The van der Waals surface area contributed by atoms with Gasteiger partial charge < -0.3 is 9.64 Å². The number of nitrogens with one attached hydrogen (secondary N) is 1. The number of aromatic nitrogens is 1. The summed E-state index contributed by atoms with van der Waals surface area (Å²) < 4.78 is 5.40. The molecule has 1 fully saturated rings. The van der Waals surface area contributed by atoms with E-state index in [4.69, 9.17) is 16.3 Å². The molecule has 0 radical (unpaired) electrons. The molecule has 4 rings (SSSR count). The molecule has 2 aliphatic heterocycles. The zero-order valence-corrected chi connectivity index (χ0v) is 16.8. The Morgan fingerprint density at radius 1 is 1.36 bits per heavy atom. The van der Waals surface area contributed by atoms with E-state index in [1.807, 2.05) is 18.2 Å². The van der Waals surface area contributed by atoms with Gasteiger partial charge in [0.2, 0.25) is 5.91 Å². The van der Waals surface area contributed by atoms with Crippen molar-refractivity contribution in [1.29, 1.82) is 0 Å². The Kier molecular flexibility index (Phi) is 5.75. The van der Waals surface area contributed by atoms with Gasteiger partial charge in [-0.1, -0.05) is 41.1 Å². The summed E-state index contributed by atoms with van der Waals surface area (Å²) >= 11 is 7.55. The summed E-state index contributed by atoms with van der Waals surface area (Å²) in [4.78, 5) is 32.0. The number of hydrogen-bond acceptors (Lipinski definition) is 5. The Balaban J connectivity index is 1.39. The minimum atomic E-state index is -0.381. The van der Waals surface area contributed by atoms with E-state index in [0.29, 0.717) is 36.3 Å². The second kappa shape index (κ2) is 8.43. The third kappa shape index (κ3) is 4.27. The summed E-state index contributed by atoms with van der Waals surface area (Å²) in [6, 6.07) is 7.40. The van der Waals surface area contributed by atoms with Crippen LogP contribution in [0.25, 0.3) is 6.08 Å². The van der Waals surface area contributed by atoms with Gasteiger partial charge in [-0.3, -0.25) is 14.9 Å². The van der Waals surface area contributed by atoms with Crippen molar-refractivity contribution in [3.05, 3.63) is 51.5 Å². The molecule has 1 unspecified atom stereocenters. The summed E-state index contributed by atoms with van der Waals surface area (Å²) in [5, 5.41) is 4.04. The highest BCUT2D eigenvalue weighted by Gasteiger charge is 2.27. The molecule has 0 saturated carbocycles. The molecule has 3 heterocycles. The lowest BCUT2D eigenvalue weighted by Crippen LogP contribution is -2.34. The Morgan fingerprint density at radius 2 is 2.21 bits per heavy atom. The summed E-state index contributed by atoms with van der Waals surface area (Å²) in [5.41, 5.74) is 1.76. The number of rotatable bonds is 4. The number of amides is 2. The second-order valence-corrected chi connectivity index (χ2v) is 8.24. The lowest BCUT2D eigenvalue weighted by Gasteiger charge is -2.24. The van der Waals surface area contributed by atoms with Crippen molar-refractivity contribution in [3.63, 3.8) is 0 Å². The van der Waals surface area contributed by atoms with Gasteiger partial charge in [0, 0.05) is 35.5 Å². The topological polar surface area (TPSA) is 71.5 Å². The van der Waals surface area contributed by atoms with E-state index in [1.54, 1.807) is 23.1 Å². The highest BCUT2D eigenvalue weighted by atomic mass is 35.5. The average molecular weight is 418 g/mol. The van der Waals surface area contributed by atoms with E-state index in [-0.39, 0.29) is 17.9 Å². The number of benzene rings is 1. The Hall–Kier alpha value is -2.22. The molecule has 0 aliphatic carbocycles. The molecule has 2 aliphatic rings. The molecule has 1 aromatic heterocycles. The number of hydrogen-bond donors (Lipinski definition) is 1. The minimum absolute atomic E-state index is 0.0658. The van der Waals surface area contributed by atoms with Crippen LogP contribution in [0.1, 0.15) is 29.0 Å². The van der Waals surface area contributed by atoms with Crippen molar-refractivity contribution in [2.45, 2.75) is 31.9 Å². The highest BCUT2D eigenvalue weighted by Crippen LogP contribution is 2.29. The molecule has 1 atom stereocenters. The van der Waals surface area contributed by atoms with Gasteiger partial charge in [-0.15, -0.1) is 0 Å². The van der Waals surface area contributed by atoms with Gasteiger partial charge in [0.1, 0.15) is 6.10 Å². The van der Waals surface area contributed by atoms with Crippen molar-refractivity contribution in [2.75, 3.05) is 18.5 Å². The maximum atomic E-state index is 12.5. The number of anilines is 1. The van der Waals surface area contributed by atoms with Crippen LogP contribution in [0, 0.1) is 0 Å². The molecule has 2 amide bonds. The Labute approximate surface area is 172 Å². The number of ether oxygens (including phenoxy) is 1. The first-order valence-corrected chi connectivity index (χ1v) is 10.4. The van der Waals surface area contributed by atoms with Crippen molar-refractivity contribution in [2.24, 2.45) is 0 Å². The van der Waals surface area contributed by atoms with Gasteiger partial charge in [-0.05, 0) is 30.5 Å². The first kappa shape index (κ1) is 19.1. The fourth-order valence-corrected chi connectivity index (χ4v) is 4.51. The van der Waals surface area contributed by atoms with E-state index in [1.165, 1.54) is 11.3 Å². The van der Waals surface area contributed by atoms with Crippen LogP contribution < -0.4 is 5.32 Å². The number of halogens is 1. The molecule has 2 aromatic rings. The molecule has 146 valence electrons. The molecule has 1 saturated heterocycles. The first-order valence-electron chi connectivity index (χ1n) is 9.23.